The van der Waals surface area contributed by atoms with E-state index in [0.717, 1.165) is 31.8 Å². The molecular formula is C19H19N3OS2. The molecule has 25 heavy (non-hydrogen) atoms. The Morgan fingerprint density at radius 1 is 1.04 bits per heavy atom. The number of aromatic nitrogens is 2. The lowest BCUT2D eigenvalue weighted by Crippen LogP contribution is -2.05. The van der Waals surface area contributed by atoms with Gasteiger partial charge in [0.1, 0.15) is 0 Å². The van der Waals surface area contributed by atoms with E-state index in [0.29, 0.717) is 5.75 Å². The number of Topliss-reactive ketones (excluding diaryl/α,β-unsaturated/α-hetero) is 1. The number of hydrogen-bond donors (Lipinski definition) is 1. The molecule has 0 aliphatic rings. The molecule has 3 aromatic rings. The summed E-state index contributed by atoms with van der Waals surface area (Å²) in [6.07, 6.45) is 0. The van der Waals surface area contributed by atoms with Crippen LogP contribution in [0.1, 0.15) is 27.0 Å². The van der Waals surface area contributed by atoms with Crippen molar-refractivity contribution < 1.29 is 4.79 Å². The summed E-state index contributed by atoms with van der Waals surface area (Å²) in [5.41, 5.74) is 5.08. The first-order valence-electron chi connectivity index (χ1n) is 7.92. The van der Waals surface area contributed by atoms with E-state index < -0.39 is 0 Å². The predicted octanol–water partition coefficient (Wildman–Crippen LogP) is 5.18. The highest BCUT2D eigenvalue weighted by Crippen LogP contribution is 2.28. The van der Waals surface area contributed by atoms with E-state index in [4.69, 9.17) is 0 Å². The standard InChI is InChI=1S/C19H19N3OS2/c1-12-5-8-15(9-6-12)20-18-21-22-19(25-18)24-11-17(23)16-10-13(2)4-7-14(16)3/h4-10H,11H2,1-3H3,(H,20,21). The molecule has 3 rings (SSSR count). The minimum Gasteiger partial charge on any atom is -0.330 e. The highest BCUT2D eigenvalue weighted by Gasteiger charge is 2.12. The summed E-state index contributed by atoms with van der Waals surface area (Å²) < 4.78 is 0.785. The molecule has 0 saturated heterocycles. The van der Waals surface area contributed by atoms with E-state index >= 15 is 0 Å². The van der Waals surface area contributed by atoms with Crippen molar-refractivity contribution in [2.24, 2.45) is 0 Å². The summed E-state index contributed by atoms with van der Waals surface area (Å²) in [5, 5.41) is 12.3. The van der Waals surface area contributed by atoms with Crippen LogP contribution in [0.5, 0.6) is 0 Å². The Morgan fingerprint density at radius 3 is 2.52 bits per heavy atom. The predicted molar refractivity (Wildman–Crippen MR) is 105 cm³/mol. The molecule has 128 valence electrons. The minimum absolute atomic E-state index is 0.120. The monoisotopic (exact) mass is 369 g/mol. The lowest BCUT2D eigenvalue weighted by molar-refractivity contribution is 0.102. The van der Waals surface area contributed by atoms with Crippen molar-refractivity contribution in [3.63, 3.8) is 0 Å². The molecule has 1 N–H and O–H groups in total. The van der Waals surface area contributed by atoms with Gasteiger partial charge in [-0.3, -0.25) is 4.79 Å². The van der Waals surface area contributed by atoms with Crippen LogP contribution in [0.3, 0.4) is 0 Å². The quantitative estimate of drug-likeness (QED) is 0.479. The number of thioether (sulfide) groups is 1. The molecule has 0 spiro atoms. The lowest BCUT2D eigenvalue weighted by Gasteiger charge is -2.05. The van der Waals surface area contributed by atoms with Gasteiger partial charge in [0.15, 0.2) is 10.1 Å². The number of carbonyl (C=O) groups excluding carboxylic acids is 1. The SMILES string of the molecule is Cc1ccc(Nc2nnc(SCC(=O)c3cc(C)ccc3C)s2)cc1. The Balaban J connectivity index is 1.60. The number of anilines is 2. The summed E-state index contributed by atoms with van der Waals surface area (Å²) in [4.78, 5) is 12.4. The summed E-state index contributed by atoms with van der Waals surface area (Å²) in [6, 6.07) is 14.1. The van der Waals surface area contributed by atoms with Crippen molar-refractivity contribution in [2.45, 2.75) is 25.1 Å². The smallest absolute Gasteiger partial charge is 0.210 e. The van der Waals surface area contributed by atoms with Crippen molar-refractivity contribution in [1.82, 2.24) is 10.2 Å². The van der Waals surface area contributed by atoms with Gasteiger partial charge in [0.05, 0.1) is 5.75 Å². The Labute approximate surface area is 155 Å². The lowest BCUT2D eigenvalue weighted by atomic mass is 10.0. The number of rotatable bonds is 6. The fraction of sp³-hybridized carbons (Fsp3) is 0.211. The molecule has 0 radical (unpaired) electrons. The van der Waals surface area contributed by atoms with Crippen LogP contribution in [0.25, 0.3) is 0 Å². The van der Waals surface area contributed by atoms with E-state index in [1.165, 1.54) is 28.7 Å². The minimum atomic E-state index is 0.120. The molecule has 0 bridgehead atoms. The average molecular weight is 370 g/mol. The second kappa shape index (κ2) is 7.80. The number of nitrogens with one attached hydrogen (secondary N) is 1. The molecule has 4 nitrogen and oxygen atoms in total. The third kappa shape index (κ3) is 4.67. The molecule has 1 heterocycles. The first-order valence-corrected chi connectivity index (χ1v) is 9.72. The van der Waals surface area contributed by atoms with Crippen molar-refractivity contribution in [3.05, 3.63) is 64.7 Å². The first kappa shape index (κ1) is 17.6. The fourth-order valence-corrected chi connectivity index (χ4v) is 3.98. The van der Waals surface area contributed by atoms with Gasteiger partial charge in [0.25, 0.3) is 0 Å². The highest BCUT2D eigenvalue weighted by atomic mass is 32.2. The molecule has 0 aliphatic carbocycles. The van der Waals surface area contributed by atoms with Gasteiger partial charge in [-0.2, -0.15) is 0 Å². The van der Waals surface area contributed by atoms with Crippen molar-refractivity contribution >= 4 is 39.7 Å². The number of nitrogens with zero attached hydrogens (tertiary/aromatic N) is 2. The van der Waals surface area contributed by atoms with E-state index in [1.54, 1.807) is 0 Å². The third-order valence-corrected chi connectivity index (χ3v) is 5.70. The number of aryl methyl sites for hydroxylation is 3. The fourth-order valence-electron chi connectivity index (χ4n) is 2.32. The topological polar surface area (TPSA) is 54.9 Å². The maximum atomic E-state index is 12.4. The molecule has 0 unspecified atom stereocenters. The van der Waals surface area contributed by atoms with Crippen LogP contribution < -0.4 is 5.32 Å². The van der Waals surface area contributed by atoms with E-state index in [9.17, 15) is 4.79 Å². The molecule has 0 aliphatic heterocycles. The summed E-state index contributed by atoms with van der Waals surface area (Å²) in [5.74, 6) is 0.484. The van der Waals surface area contributed by atoms with Crippen LogP contribution in [-0.2, 0) is 0 Å². The van der Waals surface area contributed by atoms with Gasteiger partial charge in [-0.1, -0.05) is 58.5 Å². The molecule has 0 fully saturated rings. The van der Waals surface area contributed by atoms with Gasteiger partial charge >= 0.3 is 0 Å². The molecule has 1 aromatic heterocycles. The largest absolute Gasteiger partial charge is 0.330 e. The highest BCUT2D eigenvalue weighted by molar-refractivity contribution is 8.01. The van der Waals surface area contributed by atoms with E-state index in [2.05, 4.69) is 22.4 Å². The van der Waals surface area contributed by atoms with Crippen molar-refractivity contribution in [1.29, 1.82) is 0 Å². The Bertz CT molecular complexity index is 888. The summed E-state index contributed by atoms with van der Waals surface area (Å²) in [6.45, 7) is 6.01. The molecule has 0 atom stereocenters. The second-order valence-corrected chi connectivity index (χ2v) is 8.09. The normalized spacial score (nSPS) is 10.7. The number of hydrogen-bond acceptors (Lipinski definition) is 6. The van der Waals surface area contributed by atoms with Gasteiger partial charge in [0, 0.05) is 11.3 Å². The van der Waals surface area contributed by atoms with Gasteiger partial charge < -0.3 is 5.32 Å². The van der Waals surface area contributed by atoms with Gasteiger partial charge in [-0.05, 0) is 44.5 Å². The zero-order valence-electron chi connectivity index (χ0n) is 14.4. The Hall–Kier alpha value is -2.18. The molecule has 6 heteroatoms. The van der Waals surface area contributed by atoms with E-state index in [1.807, 2.05) is 56.3 Å². The number of carbonyl (C=O) groups is 1. The Kier molecular flexibility index (Phi) is 5.50. The zero-order valence-corrected chi connectivity index (χ0v) is 16.0. The van der Waals surface area contributed by atoms with Crippen LogP contribution in [0.15, 0.2) is 46.8 Å². The molecule has 2 aromatic carbocycles. The molecule has 0 saturated carbocycles. The number of ketones is 1. The van der Waals surface area contributed by atoms with Crippen LogP contribution in [0.4, 0.5) is 10.8 Å². The summed E-state index contributed by atoms with van der Waals surface area (Å²) in [7, 11) is 0. The zero-order chi connectivity index (χ0) is 17.8. The van der Waals surface area contributed by atoms with Crippen LogP contribution in [0.2, 0.25) is 0 Å². The first-order chi connectivity index (χ1) is 12.0. The van der Waals surface area contributed by atoms with Gasteiger partial charge in [-0.15, -0.1) is 10.2 Å². The molecular weight excluding hydrogens is 350 g/mol. The Morgan fingerprint density at radius 2 is 1.76 bits per heavy atom. The van der Waals surface area contributed by atoms with Crippen LogP contribution in [-0.4, -0.2) is 21.7 Å². The maximum Gasteiger partial charge on any atom is 0.210 e. The maximum absolute atomic E-state index is 12.4. The van der Waals surface area contributed by atoms with Crippen LogP contribution >= 0.6 is 23.1 Å². The molecule has 0 amide bonds. The number of benzene rings is 2. The van der Waals surface area contributed by atoms with Crippen molar-refractivity contribution in [3.8, 4) is 0 Å². The average Bonchev–Trinajstić information content (AvgIpc) is 3.04. The van der Waals surface area contributed by atoms with Gasteiger partial charge in [0.2, 0.25) is 5.13 Å². The third-order valence-electron chi connectivity index (χ3n) is 3.73. The van der Waals surface area contributed by atoms with Crippen molar-refractivity contribution in [2.75, 3.05) is 11.1 Å². The van der Waals surface area contributed by atoms with Gasteiger partial charge in [-0.25, -0.2) is 0 Å². The second-order valence-electron chi connectivity index (χ2n) is 5.89. The van der Waals surface area contributed by atoms with E-state index in [-0.39, 0.29) is 5.78 Å². The van der Waals surface area contributed by atoms with Crippen LogP contribution in [0, 0.1) is 20.8 Å². The summed E-state index contributed by atoms with van der Waals surface area (Å²) >= 11 is 2.88.